The van der Waals surface area contributed by atoms with E-state index in [0.29, 0.717) is 32.0 Å². The lowest BCUT2D eigenvalue weighted by molar-refractivity contribution is -0.137. The molecule has 3 N–H and O–H groups in total. The first-order valence-electron chi connectivity index (χ1n) is 8.12. The van der Waals surface area contributed by atoms with Gasteiger partial charge in [0.15, 0.2) is 0 Å². The predicted octanol–water partition coefficient (Wildman–Crippen LogP) is 1.08. The van der Waals surface area contributed by atoms with Gasteiger partial charge in [-0.15, -0.1) is 0 Å². The molecule has 0 aromatic heterocycles. The van der Waals surface area contributed by atoms with Crippen LogP contribution in [0.5, 0.6) is 0 Å². The van der Waals surface area contributed by atoms with Crippen molar-refractivity contribution in [2.75, 3.05) is 13.1 Å². The number of carbonyl (C=O) groups excluding carboxylic acids is 2. The van der Waals surface area contributed by atoms with E-state index in [9.17, 15) is 14.4 Å². The van der Waals surface area contributed by atoms with Crippen LogP contribution in [-0.4, -0.2) is 53.1 Å². The largest absolute Gasteiger partial charge is 0.481 e. The van der Waals surface area contributed by atoms with Gasteiger partial charge < -0.3 is 20.6 Å². The van der Waals surface area contributed by atoms with Gasteiger partial charge in [-0.05, 0) is 19.3 Å². The van der Waals surface area contributed by atoms with Gasteiger partial charge in [-0.1, -0.05) is 19.3 Å². The third-order valence-electron chi connectivity index (χ3n) is 4.36. The SMILES string of the molecule is O=C(O)CCCNC(=O)NC1CC(=O)N(C2CCCCC2)C1. The number of hydrogen-bond acceptors (Lipinski definition) is 3. The average Bonchev–Trinajstić information content (AvgIpc) is 2.85. The average molecular weight is 311 g/mol. The third kappa shape index (κ3) is 4.89. The zero-order chi connectivity index (χ0) is 15.9. The van der Waals surface area contributed by atoms with Gasteiger partial charge in [0.2, 0.25) is 5.91 Å². The Kier molecular flexibility index (Phi) is 6.03. The molecule has 1 saturated carbocycles. The molecule has 2 rings (SSSR count). The minimum absolute atomic E-state index is 0.0393. The van der Waals surface area contributed by atoms with Crippen LogP contribution in [0, 0.1) is 0 Å². The van der Waals surface area contributed by atoms with Crippen molar-refractivity contribution < 1.29 is 19.5 Å². The van der Waals surface area contributed by atoms with E-state index in [-0.39, 0.29) is 24.4 Å². The molecule has 22 heavy (non-hydrogen) atoms. The number of amides is 3. The topological polar surface area (TPSA) is 98.7 Å². The molecule has 0 bridgehead atoms. The first-order chi connectivity index (χ1) is 10.6. The lowest BCUT2D eigenvalue weighted by Crippen LogP contribution is -2.45. The summed E-state index contributed by atoms with van der Waals surface area (Å²) in [6.07, 6.45) is 6.54. The summed E-state index contributed by atoms with van der Waals surface area (Å²) >= 11 is 0. The molecule has 3 amide bonds. The molecule has 1 heterocycles. The molecular weight excluding hydrogens is 286 g/mol. The van der Waals surface area contributed by atoms with Crippen molar-refractivity contribution in [1.29, 1.82) is 0 Å². The van der Waals surface area contributed by atoms with Crippen LogP contribution in [-0.2, 0) is 9.59 Å². The Hall–Kier alpha value is -1.79. The monoisotopic (exact) mass is 311 g/mol. The van der Waals surface area contributed by atoms with Crippen molar-refractivity contribution in [2.24, 2.45) is 0 Å². The summed E-state index contributed by atoms with van der Waals surface area (Å²) in [4.78, 5) is 36.1. The van der Waals surface area contributed by atoms with Crippen molar-refractivity contribution in [3.8, 4) is 0 Å². The molecule has 7 heteroatoms. The molecule has 0 aromatic carbocycles. The van der Waals surface area contributed by atoms with Crippen LogP contribution in [0.15, 0.2) is 0 Å². The molecule has 1 atom stereocenters. The fourth-order valence-electron chi connectivity index (χ4n) is 3.25. The highest BCUT2D eigenvalue weighted by molar-refractivity contribution is 5.82. The van der Waals surface area contributed by atoms with Crippen molar-refractivity contribution in [3.05, 3.63) is 0 Å². The quantitative estimate of drug-likeness (QED) is 0.639. The highest BCUT2D eigenvalue weighted by Crippen LogP contribution is 2.26. The van der Waals surface area contributed by atoms with Gasteiger partial charge in [-0.25, -0.2) is 4.79 Å². The third-order valence-corrected chi connectivity index (χ3v) is 4.36. The molecule has 2 fully saturated rings. The van der Waals surface area contributed by atoms with Crippen molar-refractivity contribution >= 4 is 17.9 Å². The fourth-order valence-corrected chi connectivity index (χ4v) is 3.25. The molecule has 124 valence electrons. The lowest BCUT2D eigenvalue weighted by Gasteiger charge is -2.31. The number of carboxylic acid groups (broad SMARTS) is 1. The van der Waals surface area contributed by atoms with Gasteiger partial charge in [0, 0.05) is 32.0 Å². The normalized spacial score (nSPS) is 22.6. The Morgan fingerprint density at radius 3 is 2.64 bits per heavy atom. The first kappa shape index (κ1) is 16.6. The van der Waals surface area contributed by atoms with E-state index < -0.39 is 5.97 Å². The number of carbonyl (C=O) groups is 3. The Balaban J connectivity index is 1.69. The summed E-state index contributed by atoms with van der Waals surface area (Å²) in [5.74, 6) is -0.741. The maximum Gasteiger partial charge on any atom is 0.315 e. The number of nitrogens with one attached hydrogen (secondary N) is 2. The van der Waals surface area contributed by atoms with Crippen LogP contribution >= 0.6 is 0 Å². The van der Waals surface area contributed by atoms with E-state index in [1.165, 1.54) is 19.3 Å². The standard InChI is InChI=1S/C15H25N3O4/c19-13-9-11(10-18(13)12-5-2-1-3-6-12)17-15(22)16-8-4-7-14(20)21/h11-12H,1-10H2,(H,20,21)(H2,16,17,22). The number of likely N-dealkylation sites (tertiary alicyclic amines) is 1. The molecule has 0 spiro atoms. The van der Waals surface area contributed by atoms with E-state index in [4.69, 9.17) is 5.11 Å². The zero-order valence-corrected chi connectivity index (χ0v) is 12.8. The Morgan fingerprint density at radius 2 is 1.95 bits per heavy atom. The summed E-state index contributed by atoms with van der Waals surface area (Å²) in [7, 11) is 0. The molecular formula is C15H25N3O4. The Bertz CT molecular complexity index is 421. The van der Waals surface area contributed by atoms with Crippen LogP contribution in [0.4, 0.5) is 4.79 Å². The number of aliphatic carboxylic acids is 1. The van der Waals surface area contributed by atoms with Crippen molar-refractivity contribution in [1.82, 2.24) is 15.5 Å². The van der Waals surface area contributed by atoms with E-state index in [1.54, 1.807) is 0 Å². The van der Waals surface area contributed by atoms with Crippen molar-refractivity contribution in [2.45, 2.75) is 63.5 Å². The molecule has 1 saturated heterocycles. The van der Waals surface area contributed by atoms with Gasteiger partial charge in [0.05, 0.1) is 6.04 Å². The molecule has 2 aliphatic rings. The van der Waals surface area contributed by atoms with Crippen LogP contribution < -0.4 is 10.6 Å². The summed E-state index contributed by atoms with van der Waals surface area (Å²) < 4.78 is 0. The van der Waals surface area contributed by atoms with E-state index >= 15 is 0 Å². The lowest BCUT2D eigenvalue weighted by atomic mass is 9.94. The number of urea groups is 1. The van der Waals surface area contributed by atoms with E-state index in [2.05, 4.69) is 10.6 Å². The van der Waals surface area contributed by atoms with Gasteiger partial charge in [-0.3, -0.25) is 9.59 Å². The van der Waals surface area contributed by atoms with Gasteiger partial charge in [0.25, 0.3) is 0 Å². The van der Waals surface area contributed by atoms with E-state index in [1.807, 2.05) is 4.90 Å². The minimum Gasteiger partial charge on any atom is -0.481 e. The fraction of sp³-hybridized carbons (Fsp3) is 0.800. The number of hydrogen-bond donors (Lipinski definition) is 3. The Labute approximate surface area is 130 Å². The van der Waals surface area contributed by atoms with Gasteiger partial charge in [-0.2, -0.15) is 0 Å². The maximum atomic E-state index is 12.1. The second-order valence-corrected chi connectivity index (χ2v) is 6.14. The second kappa shape index (κ2) is 8.00. The molecule has 1 aliphatic heterocycles. The minimum atomic E-state index is -0.869. The summed E-state index contributed by atoms with van der Waals surface area (Å²) in [6.45, 7) is 0.914. The highest BCUT2D eigenvalue weighted by Gasteiger charge is 2.35. The van der Waals surface area contributed by atoms with Crippen LogP contribution in [0.3, 0.4) is 0 Å². The smallest absolute Gasteiger partial charge is 0.315 e. The zero-order valence-electron chi connectivity index (χ0n) is 12.8. The molecule has 7 nitrogen and oxygen atoms in total. The maximum absolute atomic E-state index is 12.1. The second-order valence-electron chi connectivity index (χ2n) is 6.14. The molecule has 0 aromatic rings. The summed E-state index contributed by atoms with van der Waals surface area (Å²) in [6, 6.07) is -0.130. The number of carboxylic acids is 1. The summed E-state index contributed by atoms with van der Waals surface area (Å²) in [5, 5.41) is 14.0. The van der Waals surface area contributed by atoms with Crippen LogP contribution in [0.25, 0.3) is 0 Å². The van der Waals surface area contributed by atoms with Gasteiger partial charge >= 0.3 is 12.0 Å². The predicted molar refractivity (Wildman–Crippen MR) is 80.4 cm³/mol. The van der Waals surface area contributed by atoms with E-state index in [0.717, 1.165) is 12.8 Å². The number of rotatable bonds is 6. The first-order valence-corrected chi connectivity index (χ1v) is 8.12. The molecule has 1 unspecified atom stereocenters. The molecule has 1 aliphatic carbocycles. The van der Waals surface area contributed by atoms with Gasteiger partial charge in [0.1, 0.15) is 0 Å². The van der Waals surface area contributed by atoms with Crippen LogP contribution in [0.1, 0.15) is 51.4 Å². The summed E-state index contributed by atoms with van der Waals surface area (Å²) in [5.41, 5.74) is 0. The molecule has 0 radical (unpaired) electrons. The highest BCUT2D eigenvalue weighted by atomic mass is 16.4. The van der Waals surface area contributed by atoms with Crippen molar-refractivity contribution in [3.63, 3.8) is 0 Å². The number of nitrogens with zero attached hydrogens (tertiary/aromatic N) is 1. The van der Waals surface area contributed by atoms with Crippen LogP contribution in [0.2, 0.25) is 0 Å². The Morgan fingerprint density at radius 1 is 1.23 bits per heavy atom.